The third-order valence-corrected chi connectivity index (χ3v) is 8.12. The maximum atomic E-state index is 13.5. The van der Waals surface area contributed by atoms with Gasteiger partial charge in [0.25, 0.3) is 0 Å². The molecule has 0 aliphatic heterocycles. The summed E-state index contributed by atoms with van der Waals surface area (Å²) in [6.45, 7) is 2.10. The Morgan fingerprint density at radius 1 is 0.577 bits per heavy atom. The fourth-order valence-corrected chi connectivity index (χ4v) is 5.55. The molecule has 1 N–H and O–H groups in total. The van der Waals surface area contributed by atoms with Gasteiger partial charge in [-0.3, -0.25) is 4.79 Å². The summed E-state index contributed by atoms with van der Waals surface area (Å²) in [5, 5.41) is 3.03. The summed E-state index contributed by atoms with van der Waals surface area (Å²) in [5.74, 6) is -0.505. The Morgan fingerprint density at radius 2 is 1.02 bits per heavy atom. The fraction of sp³-hybridized carbons (Fsp3) is 0.227. The number of ether oxygens (including phenoxy) is 5. The SMILES string of the molecule is CC(=O)O[C@H](COCc1ccccc1)[C@@H](OCc1ccccc1)[C@H](OCc1ccccc1)[C@@H](/C=C\c1ccccc1)NC(=O)OCc1ccccc1. The highest BCUT2D eigenvalue weighted by Gasteiger charge is 2.39. The zero-order chi connectivity index (χ0) is 36.2. The van der Waals surface area contributed by atoms with Crippen LogP contribution in [0.15, 0.2) is 158 Å². The number of benzene rings is 5. The molecular formula is C44H45NO7. The predicted molar refractivity (Wildman–Crippen MR) is 201 cm³/mol. The Labute approximate surface area is 306 Å². The van der Waals surface area contributed by atoms with Crippen molar-refractivity contribution in [1.29, 1.82) is 0 Å². The van der Waals surface area contributed by atoms with Gasteiger partial charge in [0.1, 0.15) is 18.8 Å². The Morgan fingerprint density at radius 3 is 1.52 bits per heavy atom. The molecule has 0 fully saturated rings. The van der Waals surface area contributed by atoms with Gasteiger partial charge in [-0.15, -0.1) is 0 Å². The van der Waals surface area contributed by atoms with Crippen molar-refractivity contribution in [2.45, 2.75) is 57.7 Å². The molecule has 4 atom stereocenters. The van der Waals surface area contributed by atoms with Crippen LogP contribution in [0, 0.1) is 0 Å². The van der Waals surface area contributed by atoms with Crippen molar-refractivity contribution in [1.82, 2.24) is 5.32 Å². The Kier molecular flexibility index (Phi) is 15.2. The maximum absolute atomic E-state index is 13.5. The van der Waals surface area contributed by atoms with Crippen LogP contribution >= 0.6 is 0 Å². The topological polar surface area (TPSA) is 92.3 Å². The van der Waals surface area contributed by atoms with E-state index in [4.69, 9.17) is 23.7 Å². The second kappa shape index (κ2) is 21.0. The van der Waals surface area contributed by atoms with Crippen LogP contribution < -0.4 is 5.32 Å². The van der Waals surface area contributed by atoms with Crippen LogP contribution in [0.1, 0.15) is 34.7 Å². The molecule has 8 nitrogen and oxygen atoms in total. The first-order chi connectivity index (χ1) is 25.5. The molecule has 0 saturated heterocycles. The third-order valence-electron chi connectivity index (χ3n) is 8.12. The van der Waals surface area contributed by atoms with Gasteiger partial charge >= 0.3 is 12.1 Å². The Hall–Kier alpha value is -5.54. The summed E-state index contributed by atoms with van der Waals surface area (Å²) in [5.41, 5.74) is 4.55. The highest BCUT2D eigenvalue weighted by atomic mass is 16.6. The van der Waals surface area contributed by atoms with Crippen molar-refractivity contribution in [3.63, 3.8) is 0 Å². The number of hydrogen-bond donors (Lipinski definition) is 1. The second-order valence-electron chi connectivity index (χ2n) is 12.2. The molecule has 1 amide bonds. The molecule has 5 aromatic rings. The Balaban J connectivity index is 1.51. The molecule has 52 heavy (non-hydrogen) atoms. The van der Waals surface area contributed by atoms with Gasteiger partial charge in [-0.1, -0.05) is 164 Å². The van der Waals surface area contributed by atoms with Crippen LogP contribution in [0.5, 0.6) is 0 Å². The summed E-state index contributed by atoms with van der Waals surface area (Å²) >= 11 is 0. The molecule has 0 unspecified atom stereocenters. The average Bonchev–Trinajstić information content (AvgIpc) is 3.18. The number of alkyl carbamates (subject to hydrolysis) is 1. The van der Waals surface area contributed by atoms with Crippen LogP contribution in [-0.2, 0) is 54.9 Å². The van der Waals surface area contributed by atoms with Gasteiger partial charge in [0, 0.05) is 6.92 Å². The lowest BCUT2D eigenvalue weighted by molar-refractivity contribution is -0.181. The summed E-state index contributed by atoms with van der Waals surface area (Å²) in [7, 11) is 0. The van der Waals surface area contributed by atoms with Crippen molar-refractivity contribution >= 4 is 18.1 Å². The minimum absolute atomic E-state index is 0.00665. The first-order valence-corrected chi connectivity index (χ1v) is 17.3. The van der Waals surface area contributed by atoms with E-state index >= 15 is 0 Å². The summed E-state index contributed by atoms with van der Waals surface area (Å²) in [4.78, 5) is 26.2. The van der Waals surface area contributed by atoms with E-state index in [9.17, 15) is 9.59 Å². The normalized spacial score (nSPS) is 13.5. The molecular weight excluding hydrogens is 654 g/mol. The lowest BCUT2D eigenvalue weighted by Crippen LogP contribution is -2.55. The number of esters is 1. The van der Waals surface area contributed by atoms with Gasteiger partial charge in [0.2, 0.25) is 0 Å². The number of hydrogen-bond acceptors (Lipinski definition) is 7. The van der Waals surface area contributed by atoms with E-state index in [1.807, 2.05) is 164 Å². The van der Waals surface area contributed by atoms with E-state index in [2.05, 4.69) is 5.32 Å². The van der Waals surface area contributed by atoms with Gasteiger partial charge < -0.3 is 29.0 Å². The molecule has 0 heterocycles. The lowest BCUT2D eigenvalue weighted by atomic mass is 9.98. The van der Waals surface area contributed by atoms with Crippen molar-refractivity contribution in [2.75, 3.05) is 6.61 Å². The summed E-state index contributed by atoms with van der Waals surface area (Å²) in [6.07, 6.45) is 0.387. The van der Waals surface area contributed by atoms with Gasteiger partial charge in [-0.05, 0) is 27.8 Å². The van der Waals surface area contributed by atoms with Crippen molar-refractivity contribution in [3.8, 4) is 0 Å². The second-order valence-corrected chi connectivity index (χ2v) is 12.2. The average molecular weight is 700 g/mol. The number of rotatable bonds is 19. The van der Waals surface area contributed by atoms with Crippen molar-refractivity contribution < 1.29 is 33.3 Å². The van der Waals surface area contributed by atoms with Gasteiger partial charge in [-0.25, -0.2) is 4.79 Å². The van der Waals surface area contributed by atoms with E-state index in [0.29, 0.717) is 6.61 Å². The smallest absolute Gasteiger partial charge is 0.408 e. The van der Waals surface area contributed by atoms with Crippen LogP contribution in [0.4, 0.5) is 4.79 Å². The van der Waals surface area contributed by atoms with Crippen LogP contribution in [0.3, 0.4) is 0 Å². The predicted octanol–water partition coefficient (Wildman–Crippen LogP) is 8.31. The molecule has 5 aromatic carbocycles. The van der Waals surface area contributed by atoms with Crippen molar-refractivity contribution in [2.24, 2.45) is 0 Å². The highest BCUT2D eigenvalue weighted by Crippen LogP contribution is 2.23. The van der Waals surface area contributed by atoms with Crippen LogP contribution in [0.25, 0.3) is 6.08 Å². The molecule has 0 aromatic heterocycles. The van der Waals surface area contributed by atoms with E-state index in [1.165, 1.54) is 6.92 Å². The standard InChI is InChI=1S/C44H45NO7/c1-34(46)52-41(33-48-29-36-19-9-3-10-20-36)43(50-31-38-23-13-5-14-24-38)42(49-30-37-21-11-4-12-22-37)40(28-27-35-17-7-2-8-18-35)45-44(47)51-32-39-25-15-6-16-26-39/h2-28,40-43H,29-33H2,1H3,(H,45,47)/b28-27-/t40-,41-,42-,43-/m1/s1. The Bertz CT molecular complexity index is 1770. The number of carbonyl (C=O) groups excluding carboxylic acids is 2. The van der Waals surface area contributed by atoms with Gasteiger partial charge in [-0.2, -0.15) is 0 Å². The van der Waals surface area contributed by atoms with E-state index in [-0.39, 0.29) is 26.4 Å². The molecule has 0 aliphatic carbocycles. The summed E-state index contributed by atoms with van der Waals surface area (Å²) < 4.78 is 31.2. The molecule has 0 spiro atoms. The van der Waals surface area contributed by atoms with E-state index < -0.39 is 36.4 Å². The highest BCUT2D eigenvalue weighted by molar-refractivity contribution is 5.68. The minimum atomic E-state index is -0.916. The summed E-state index contributed by atoms with van der Waals surface area (Å²) in [6, 6.07) is 47.5. The molecule has 268 valence electrons. The maximum Gasteiger partial charge on any atom is 0.408 e. The quantitative estimate of drug-likeness (QED) is 0.0867. The van der Waals surface area contributed by atoms with Crippen LogP contribution in [-0.4, -0.2) is 43.0 Å². The van der Waals surface area contributed by atoms with Crippen molar-refractivity contribution in [3.05, 3.63) is 186 Å². The third kappa shape index (κ3) is 13.0. The molecule has 0 aliphatic rings. The fourth-order valence-electron chi connectivity index (χ4n) is 5.55. The first kappa shape index (κ1) is 37.7. The lowest BCUT2D eigenvalue weighted by Gasteiger charge is -2.36. The largest absolute Gasteiger partial charge is 0.457 e. The molecule has 0 bridgehead atoms. The van der Waals surface area contributed by atoms with Gasteiger partial charge in [0.05, 0.1) is 32.5 Å². The number of carbonyl (C=O) groups is 2. The molecule has 5 rings (SSSR count). The number of nitrogens with one attached hydrogen (secondary N) is 1. The molecule has 0 saturated carbocycles. The van der Waals surface area contributed by atoms with Gasteiger partial charge in [0.15, 0.2) is 6.10 Å². The molecule has 8 heteroatoms. The monoisotopic (exact) mass is 699 g/mol. The molecule has 0 radical (unpaired) electrons. The first-order valence-electron chi connectivity index (χ1n) is 17.3. The van der Waals surface area contributed by atoms with Crippen LogP contribution in [0.2, 0.25) is 0 Å². The number of amides is 1. The minimum Gasteiger partial charge on any atom is -0.457 e. The zero-order valence-electron chi connectivity index (χ0n) is 29.3. The zero-order valence-corrected chi connectivity index (χ0v) is 29.3. The van der Waals surface area contributed by atoms with E-state index in [0.717, 1.165) is 27.8 Å². The van der Waals surface area contributed by atoms with E-state index in [1.54, 1.807) is 0 Å².